The average Bonchev–Trinajstić information content (AvgIpc) is 3.63. The van der Waals surface area contributed by atoms with E-state index in [-0.39, 0.29) is 0 Å². The lowest BCUT2D eigenvalue weighted by Crippen LogP contribution is -1.94. The van der Waals surface area contributed by atoms with Crippen molar-refractivity contribution >= 4 is 32.8 Å². The number of nitrogens with zero attached hydrogens (tertiary/aromatic N) is 2. The largest absolute Gasteiger partial charge is 0.451 e. The van der Waals surface area contributed by atoms with Gasteiger partial charge in [0.2, 0.25) is 0 Å². The predicted octanol–water partition coefficient (Wildman–Crippen LogP) is 13.5. The van der Waals surface area contributed by atoms with Crippen LogP contribution < -0.4 is 0 Å². The third kappa shape index (κ3) is 5.65. The highest BCUT2D eigenvalue weighted by molar-refractivity contribution is 6.15. The van der Waals surface area contributed by atoms with Crippen LogP contribution in [0.5, 0.6) is 0 Å². The summed E-state index contributed by atoms with van der Waals surface area (Å²) in [6, 6.07) is 68.3. The molecule has 0 amide bonds. The second-order valence-electron chi connectivity index (χ2n) is 13.4. The molecule has 3 nitrogen and oxygen atoms in total. The Kier molecular flexibility index (Phi) is 7.47. The Labute approximate surface area is 307 Å². The monoisotopic (exact) mass is 676 g/mol. The van der Waals surface area contributed by atoms with Gasteiger partial charge < -0.3 is 4.42 Å². The highest BCUT2D eigenvalue weighted by atomic mass is 16.3. The Morgan fingerprint density at radius 3 is 1.42 bits per heavy atom. The lowest BCUT2D eigenvalue weighted by Gasteiger charge is -2.13. The number of aromatic nitrogens is 2. The average molecular weight is 677 g/mol. The second-order valence-corrected chi connectivity index (χ2v) is 13.4. The molecule has 8 aromatic carbocycles. The van der Waals surface area contributed by atoms with Crippen molar-refractivity contribution in [3.8, 4) is 67.2 Å². The molecule has 0 fully saturated rings. The topological polar surface area (TPSA) is 38.9 Å². The van der Waals surface area contributed by atoms with Crippen LogP contribution in [0.2, 0.25) is 0 Å². The Balaban J connectivity index is 1.12. The summed E-state index contributed by atoms with van der Waals surface area (Å²) >= 11 is 0. The standard InChI is InChI=1S/C50H32N2O/c1-4-14-33(15-5-1)41-30-42(34-16-6-2-7-17-34)32-43(31-41)39-23-12-21-37(28-39)38-22-13-24-40(29-38)46-49-47(52-50(51-46)36-19-8-3-9-20-36)45-27-26-35-18-10-11-25-44(35)48(45)53-49/h1-32H. The zero-order chi connectivity index (χ0) is 35.1. The van der Waals surface area contributed by atoms with Crippen LogP contribution in [0.25, 0.3) is 100.0 Å². The van der Waals surface area contributed by atoms with Gasteiger partial charge >= 0.3 is 0 Å². The minimum absolute atomic E-state index is 0.670. The van der Waals surface area contributed by atoms with Gasteiger partial charge in [-0.3, -0.25) is 0 Å². The zero-order valence-corrected chi connectivity index (χ0v) is 28.8. The summed E-state index contributed by atoms with van der Waals surface area (Å²) in [5.74, 6) is 0.670. The van der Waals surface area contributed by atoms with E-state index in [9.17, 15) is 0 Å². The maximum atomic E-state index is 6.73. The van der Waals surface area contributed by atoms with E-state index in [1.54, 1.807) is 0 Å². The van der Waals surface area contributed by atoms with Crippen LogP contribution in [0, 0.1) is 0 Å². The normalized spacial score (nSPS) is 11.4. The van der Waals surface area contributed by atoms with Crippen LogP contribution in [0.1, 0.15) is 0 Å². The zero-order valence-electron chi connectivity index (χ0n) is 28.8. The van der Waals surface area contributed by atoms with Crippen molar-refractivity contribution in [1.82, 2.24) is 9.97 Å². The molecular weight excluding hydrogens is 645 g/mol. The third-order valence-electron chi connectivity index (χ3n) is 10.0. The van der Waals surface area contributed by atoms with Gasteiger partial charge in [0.1, 0.15) is 16.8 Å². The Bertz CT molecular complexity index is 2870. The molecule has 0 N–H and O–H groups in total. The highest BCUT2D eigenvalue weighted by Gasteiger charge is 2.20. The van der Waals surface area contributed by atoms with Gasteiger partial charge in [0.25, 0.3) is 0 Å². The maximum Gasteiger partial charge on any atom is 0.180 e. The smallest absolute Gasteiger partial charge is 0.180 e. The molecule has 10 rings (SSSR count). The van der Waals surface area contributed by atoms with Gasteiger partial charge in [0, 0.05) is 21.9 Å². The first-order valence-electron chi connectivity index (χ1n) is 17.9. The molecule has 2 heterocycles. The van der Waals surface area contributed by atoms with E-state index in [0.717, 1.165) is 60.8 Å². The van der Waals surface area contributed by atoms with Crippen molar-refractivity contribution < 1.29 is 4.42 Å². The molecule has 10 aromatic rings. The van der Waals surface area contributed by atoms with E-state index >= 15 is 0 Å². The molecule has 248 valence electrons. The molecule has 0 spiro atoms. The predicted molar refractivity (Wildman–Crippen MR) is 219 cm³/mol. The van der Waals surface area contributed by atoms with Crippen molar-refractivity contribution in [1.29, 1.82) is 0 Å². The van der Waals surface area contributed by atoms with Crippen molar-refractivity contribution in [3.63, 3.8) is 0 Å². The van der Waals surface area contributed by atoms with Gasteiger partial charge in [-0.1, -0.05) is 158 Å². The van der Waals surface area contributed by atoms with E-state index in [1.165, 1.54) is 27.8 Å². The van der Waals surface area contributed by atoms with Gasteiger partial charge in [0.05, 0.1) is 0 Å². The molecule has 0 saturated heterocycles. The number of hydrogen-bond acceptors (Lipinski definition) is 3. The van der Waals surface area contributed by atoms with Crippen LogP contribution in [0.3, 0.4) is 0 Å². The highest BCUT2D eigenvalue weighted by Crippen LogP contribution is 2.40. The lowest BCUT2D eigenvalue weighted by molar-refractivity contribution is 0.671. The first kappa shape index (κ1) is 30.7. The van der Waals surface area contributed by atoms with E-state index in [1.807, 2.05) is 18.2 Å². The van der Waals surface area contributed by atoms with Gasteiger partial charge in [-0.2, -0.15) is 0 Å². The van der Waals surface area contributed by atoms with Crippen molar-refractivity contribution in [2.45, 2.75) is 0 Å². The molecule has 0 aliphatic rings. The molecule has 0 atom stereocenters. The van der Waals surface area contributed by atoms with Crippen molar-refractivity contribution in [3.05, 3.63) is 194 Å². The summed E-state index contributed by atoms with van der Waals surface area (Å²) in [5.41, 5.74) is 14.4. The number of benzene rings is 8. The van der Waals surface area contributed by atoms with Crippen molar-refractivity contribution in [2.24, 2.45) is 0 Å². The molecular formula is C50H32N2O. The Hall–Kier alpha value is -7.10. The van der Waals surface area contributed by atoms with Gasteiger partial charge in [-0.25, -0.2) is 9.97 Å². The summed E-state index contributed by atoms with van der Waals surface area (Å²) in [7, 11) is 0. The van der Waals surface area contributed by atoms with E-state index < -0.39 is 0 Å². The van der Waals surface area contributed by atoms with Crippen LogP contribution in [0.15, 0.2) is 199 Å². The number of fused-ring (bicyclic) bond motifs is 5. The summed E-state index contributed by atoms with van der Waals surface area (Å²) < 4.78 is 6.73. The van der Waals surface area contributed by atoms with Crippen LogP contribution in [-0.2, 0) is 0 Å². The molecule has 0 aliphatic carbocycles. The fraction of sp³-hybridized carbons (Fsp3) is 0. The minimum atomic E-state index is 0.670. The van der Waals surface area contributed by atoms with Crippen molar-refractivity contribution in [2.75, 3.05) is 0 Å². The molecule has 0 bridgehead atoms. The Morgan fingerprint density at radius 1 is 0.302 bits per heavy atom. The van der Waals surface area contributed by atoms with E-state index in [0.29, 0.717) is 11.4 Å². The molecule has 0 radical (unpaired) electrons. The first-order valence-corrected chi connectivity index (χ1v) is 17.9. The van der Waals surface area contributed by atoms with Gasteiger partial charge in [-0.15, -0.1) is 0 Å². The fourth-order valence-corrected chi connectivity index (χ4v) is 7.40. The van der Waals surface area contributed by atoms with Gasteiger partial charge in [0.15, 0.2) is 11.4 Å². The molecule has 0 saturated carbocycles. The fourth-order valence-electron chi connectivity index (χ4n) is 7.40. The summed E-state index contributed by atoms with van der Waals surface area (Å²) in [4.78, 5) is 10.3. The van der Waals surface area contributed by atoms with Crippen LogP contribution in [-0.4, -0.2) is 9.97 Å². The number of hydrogen-bond donors (Lipinski definition) is 0. The summed E-state index contributed by atoms with van der Waals surface area (Å²) in [6.07, 6.45) is 0. The molecule has 0 unspecified atom stereocenters. The van der Waals surface area contributed by atoms with Crippen LogP contribution >= 0.6 is 0 Å². The summed E-state index contributed by atoms with van der Waals surface area (Å²) in [6.45, 7) is 0. The number of furan rings is 1. The second kappa shape index (κ2) is 12.9. The lowest BCUT2D eigenvalue weighted by atomic mass is 9.92. The van der Waals surface area contributed by atoms with E-state index in [2.05, 4.69) is 176 Å². The van der Waals surface area contributed by atoms with Crippen LogP contribution in [0.4, 0.5) is 0 Å². The third-order valence-corrected chi connectivity index (χ3v) is 10.0. The first-order chi connectivity index (χ1) is 26.2. The minimum Gasteiger partial charge on any atom is -0.451 e. The molecule has 0 aliphatic heterocycles. The SMILES string of the molecule is c1ccc(-c2cc(-c3ccccc3)cc(-c3cccc(-c4cccc(-c5nc(-c6ccccc6)nc6c5oc5c7ccccc7ccc65)c4)c3)c2)cc1. The molecule has 2 aromatic heterocycles. The number of rotatable bonds is 6. The maximum absolute atomic E-state index is 6.73. The summed E-state index contributed by atoms with van der Waals surface area (Å²) in [5, 5.41) is 3.17. The molecule has 53 heavy (non-hydrogen) atoms. The van der Waals surface area contributed by atoms with Gasteiger partial charge in [-0.05, 0) is 86.3 Å². The molecule has 3 heteroatoms. The quantitative estimate of drug-likeness (QED) is 0.176. The van der Waals surface area contributed by atoms with E-state index in [4.69, 9.17) is 14.4 Å². The Morgan fingerprint density at radius 2 is 0.774 bits per heavy atom.